The number of carbonyl (C=O) groups is 1. The summed E-state index contributed by atoms with van der Waals surface area (Å²) in [7, 11) is 0. The third-order valence-electron chi connectivity index (χ3n) is 4.23. The number of rotatable bonds is 7. The SMILES string of the molecule is CCCOc1cn(-c2ccccc2)nc1C(=O)Nc1cc(C2CC2)[nH]n1. The van der Waals surface area contributed by atoms with Crippen molar-refractivity contribution in [3.05, 3.63) is 54.0 Å². The first-order valence-electron chi connectivity index (χ1n) is 8.89. The summed E-state index contributed by atoms with van der Waals surface area (Å²) >= 11 is 0. The van der Waals surface area contributed by atoms with E-state index in [9.17, 15) is 4.79 Å². The number of amides is 1. The minimum atomic E-state index is -0.334. The summed E-state index contributed by atoms with van der Waals surface area (Å²) in [5, 5.41) is 14.4. The molecule has 1 aromatic carbocycles. The Morgan fingerprint density at radius 1 is 1.35 bits per heavy atom. The summed E-state index contributed by atoms with van der Waals surface area (Å²) in [4.78, 5) is 12.7. The molecule has 1 amide bonds. The zero-order valence-corrected chi connectivity index (χ0v) is 14.6. The summed E-state index contributed by atoms with van der Waals surface area (Å²) in [6.45, 7) is 2.54. The summed E-state index contributed by atoms with van der Waals surface area (Å²) < 4.78 is 7.38. The zero-order valence-electron chi connectivity index (χ0n) is 14.6. The smallest absolute Gasteiger partial charge is 0.281 e. The van der Waals surface area contributed by atoms with Gasteiger partial charge in [-0.05, 0) is 31.4 Å². The molecule has 7 nitrogen and oxygen atoms in total. The van der Waals surface area contributed by atoms with Gasteiger partial charge < -0.3 is 10.1 Å². The number of aromatic amines is 1. The minimum absolute atomic E-state index is 0.248. The summed E-state index contributed by atoms with van der Waals surface area (Å²) in [5.74, 6) is 1.19. The fourth-order valence-corrected chi connectivity index (χ4v) is 2.73. The van der Waals surface area contributed by atoms with E-state index >= 15 is 0 Å². The van der Waals surface area contributed by atoms with Crippen molar-refractivity contribution in [3.63, 3.8) is 0 Å². The van der Waals surface area contributed by atoms with Gasteiger partial charge in [-0.1, -0.05) is 25.1 Å². The van der Waals surface area contributed by atoms with Crippen molar-refractivity contribution in [2.24, 2.45) is 0 Å². The molecular weight excluding hydrogens is 330 g/mol. The molecule has 3 aromatic rings. The highest BCUT2D eigenvalue weighted by Crippen LogP contribution is 2.39. The van der Waals surface area contributed by atoms with Crippen molar-refractivity contribution in [1.29, 1.82) is 0 Å². The number of para-hydroxylation sites is 1. The fraction of sp³-hybridized carbons (Fsp3) is 0.316. The number of benzene rings is 1. The minimum Gasteiger partial charge on any atom is -0.489 e. The lowest BCUT2D eigenvalue weighted by Gasteiger charge is -2.03. The monoisotopic (exact) mass is 351 g/mol. The molecule has 2 aromatic heterocycles. The Morgan fingerprint density at radius 3 is 2.88 bits per heavy atom. The average molecular weight is 351 g/mol. The van der Waals surface area contributed by atoms with Crippen LogP contribution in [0.15, 0.2) is 42.6 Å². The number of nitrogens with zero attached hydrogens (tertiary/aromatic N) is 3. The van der Waals surface area contributed by atoms with Gasteiger partial charge in [0, 0.05) is 17.7 Å². The number of H-pyrrole nitrogens is 1. The van der Waals surface area contributed by atoms with E-state index in [2.05, 4.69) is 20.6 Å². The molecule has 0 unspecified atom stereocenters. The van der Waals surface area contributed by atoms with Crippen LogP contribution >= 0.6 is 0 Å². The van der Waals surface area contributed by atoms with Crippen molar-refractivity contribution in [2.45, 2.75) is 32.1 Å². The molecule has 0 saturated heterocycles. The normalized spacial score (nSPS) is 13.6. The molecule has 1 fully saturated rings. The van der Waals surface area contributed by atoms with E-state index in [-0.39, 0.29) is 11.6 Å². The number of aromatic nitrogens is 4. The van der Waals surface area contributed by atoms with Crippen LogP contribution in [0, 0.1) is 0 Å². The molecule has 7 heteroatoms. The van der Waals surface area contributed by atoms with Crippen LogP contribution in [0.3, 0.4) is 0 Å². The lowest BCUT2D eigenvalue weighted by molar-refractivity contribution is 0.101. The first kappa shape index (κ1) is 16.4. The molecule has 1 saturated carbocycles. The van der Waals surface area contributed by atoms with E-state index in [0.29, 0.717) is 24.1 Å². The molecule has 2 heterocycles. The number of hydrogen-bond donors (Lipinski definition) is 2. The van der Waals surface area contributed by atoms with Gasteiger partial charge in [-0.15, -0.1) is 0 Å². The lowest BCUT2D eigenvalue weighted by atomic mass is 10.3. The van der Waals surface area contributed by atoms with Crippen LogP contribution < -0.4 is 10.1 Å². The van der Waals surface area contributed by atoms with Gasteiger partial charge in [0.25, 0.3) is 5.91 Å². The Labute approximate surface area is 151 Å². The number of ether oxygens (including phenoxy) is 1. The Kier molecular flexibility index (Phi) is 4.43. The van der Waals surface area contributed by atoms with Crippen LogP contribution in [0.2, 0.25) is 0 Å². The van der Waals surface area contributed by atoms with E-state index < -0.39 is 0 Å². The lowest BCUT2D eigenvalue weighted by Crippen LogP contribution is -2.15. The van der Waals surface area contributed by atoms with E-state index in [0.717, 1.165) is 17.8 Å². The third kappa shape index (κ3) is 3.46. The second kappa shape index (κ2) is 7.03. The molecule has 0 bridgehead atoms. The molecule has 2 N–H and O–H groups in total. The molecule has 26 heavy (non-hydrogen) atoms. The van der Waals surface area contributed by atoms with E-state index in [1.54, 1.807) is 10.9 Å². The average Bonchev–Trinajstić information content (AvgIpc) is 3.26. The molecule has 1 aliphatic carbocycles. The summed E-state index contributed by atoms with van der Waals surface area (Å²) in [6, 6.07) is 11.5. The topological polar surface area (TPSA) is 84.8 Å². The molecule has 0 atom stereocenters. The van der Waals surface area contributed by atoms with Crippen molar-refractivity contribution >= 4 is 11.7 Å². The molecule has 0 aliphatic heterocycles. The Bertz CT molecular complexity index is 896. The highest BCUT2D eigenvalue weighted by molar-refractivity contribution is 6.04. The Morgan fingerprint density at radius 2 is 2.15 bits per heavy atom. The van der Waals surface area contributed by atoms with Gasteiger partial charge in [0.2, 0.25) is 0 Å². The number of anilines is 1. The van der Waals surface area contributed by atoms with Crippen LogP contribution in [-0.2, 0) is 0 Å². The van der Waals surface area contributed by atoms with E-state index in [1.807, 2.05) is 43.3 Å². The molecule has 1 aliphatic rings. The fourth-order valence-electron chi connectivity index (χ4n) is 2.73. The molecule has 0 spiro atoms. The summed E-state index contributed by atoms with van der Waals surface area (Å²) in [5.41, 5.74) is 2.18. The van der Waals surface area contributed by atoms with Gasteiger partial charge in [-0.2, -0.15) is 10.2 Å². The van der Waals surface area contributed by atoms with Gasteiger partial charge in [-0.3, -0.25) is 9.89 Å². The highest BCUT2D eigenvalue weighted by Gasteiger charge is 2.26. The molecular formula is C19H21N5O2. The van der Waals surface area contributed by atoms with Gasteiger partial charge in [-0.25, -0.2) is 4.68 Å². The quantitative estimate of drug-likeness (QED) is 0.682. The number of carbonyl (C=O) groups excluding carboxylic acids is 1. The van der Waals surface area contributed by atoms with Crippen LogP contribution in [0.1, 0.15) is 48.3 Å². The van der Waals surface area contributed by atoms with E-state index in [4.69, 9.17) is 4.74 Å². The zero-order chi connectivity index (χ0) is 17.9. The maximum Gasteiger partial charge on any atom is 0.281 e. The molecule has 0 radical (unpaired) electrons. The first-order chi connectivity index (χ1) is 12.7. The van der Waals surface area contributed by atoms with E-state index in [1.165, 1.54) is 12.8 Å². The van der Waals surface area contributed by atoms with Gasteiger partial charge in [0.1, 0.15) is 0 Å². The third-order valence-corrected chi connectivity index (χ3v) is 4.23. The van der Waals surface area contributed by atoms with Gasteiger partial charge in [0.15, 0.2) is 17.3 Å². The van der Waals surface area contributed by atoms with Crippen LogP contribution in [0.4, 0.5) is 5.82 Å². The van der Waals surface area contributed by atoms with Crippen LogP contribution in [0.5, 0.6) is 5.75 Å². The maximum absolute atomic E-state index is 12.7. The summed E-state index contributed by atoms with van der Waals surface area (Å²) in [6.07, 6.45) is 4.93. The van der Waals surface area contributed by atoms with Crippen LogP contribution in [0.25, 0.3) is 5.69 Å². The predicted octanol–water partition coefficient (Wildman–Crippen LogP) is 3.51. The largest absolute Gasteiger partial charge is 0.489 e. The van der Waals surface area contributed by atoms with Gasteiger partial charge in [0.05, 0.1) is 18.5 Å². The second-order valence-corrected chi connectivity index (χ2v) is 6.41. The van der Waals surface area contributed by atoms with Crippen molar-refractivity contribution in [1.82, 2.24) is 20.0 Å². The predicted molar refractivity (Wildman–Crippen MR) is 97.9 cm³/mol. The van der Waals surface area contributed by atoms with Crippen molar-refractivity contribution in [3.8, 4) is 11.4 Å². The molecule has 134 valence electrons. The van der Waals surface area contributed by atoms with Crippen molar-refractivity contribution < 1.29 is 9.53 Å². The number of nitrogens with one attached hydrogen (secondary N) is 2. The second-order valence-electron chi connectivity index (χ2n) is 6.41. The van der Waals surface area contributed by atoms with Crippen LogP contribution in [-0.4, -0.2) is 32.5 Å². The highest BCUT2D eigenvalue weighted by atomic mass is 16.5. The Hall–Kier alpha value is -3.09. The Balaban J connectivity index is 1.57. The maximum atomic E-state index is 12.7. The molecule has 4 rings (SSSR count). The number of hydrogen-bond acceptors (Lipinski definition) is 4. The van der Waals surface area contributed by atoms with Crippen molar-refractivity contribution in [2.75, 3.05) is 11.9 Å². The van der Waals surface area contributed by atoms with Gasteiger partial charge >= 0.3 is 0 Å². The first-order valence-corrected chi connectivity index (χ1v) is 8.89. The standard InChI is InChI=1S/C19H21N5O2/c1-2-10-26-16-12-24(14-6-4-3-5-7-14)23-18(16)19(25)20-17-11-15(21-22-17)13-8-9-13/h3-7,11-13H,2,8-10H2,1H3,(H2,20,21,22,25).